The molecule has 6 heteroatoms. The molecule has 2 heterocycles. The van der Waals surface area contributed by atoms with Gasteiger partial charge in [0, 0.05) is 26.1 Å². The molecule has 3 rings (SSSR count). The van der Waals surface area contributed by atoms with Gasteiger partial charge >= 0.3 is 0 Å². The summed E-state index contributed by atoms with van der Waals surface area (Å²) in [5.74, 6) is 1.89. The Morgan fingerprint density at radius 2 is 1.92 bits per heavy atom. The van der Waals surface area contributed by atoms with Crippen molar-refractivity contribution in [2.75, 3.05) is 19.6 Å². The fourth-order valence-corrected chi connectivity index (χ4v) is 2.85. The highest BCUT2D eigenvalue weighted by Gasteiger charge is 2.19. The van der Waals surface area contributed by atoms with Crippen molar-refractivity contribution in [1.29, 1.82) is 0 Å². The number of nitrogens with one attached hydrogen (secondary N) is 1. The topological polar surface area (TPSA) is 61.0 Å². The SMILES string of the molecule is I.OC1CCN(C(=NCc2ccccc2)NCCc2ccco2)CC1. The molecule has 1 aromatic heterocycles. The summed E-state index contributed by atoms with van der Waals surface area (Å²) in [6.45, 7) is 3.11. The predicted octanol–water partition coefficient (Wildman–Crippen LogP) is 3.04. The molecule has 136 valence electrons. The molecule has 5 nitrogen and oxygen atoms in total. The van der Waals surface area contributed by atoms with E-state index < -0.39 is 0 Å². The first kappa shape index (κ1) is 19.8. The summed E-state index contributed by atoms with van der Waals surface area (Å²) >= 11 is 0. The van der Waals surface area contributed by atoms with E-state index in [0.29, 0.717) is 6.54 Å². The quantitative estimate of drug-likeness (QED) is 0.414. The minimum Gasteiger partial charge on any atom is -0.469 e. The van der Waals surface area contributed by atoms with E-state index in [2.05, 4.69) is 22.3 Å². The van der Waals surface area contributed by atoms with Gasteiger partial charge in [0.2, 0.25) is 0 Å². The van der Waals surface area contributed by atoms with Crippen LogP contribution < -0.4 is 5.32 Å². The molecule has 0 spiro atoms. The average Bonchev–Trinajstić information content (AvgIpc) is 3.13. The molecule has 0 saturated carbocycles. The van der Waals surface area contributed by atoms with Crippen LogP contribution in [0, 0.1) is 0 Å². The second-order valence-electron chi connectivity index (χ2n) is 6.10. The lowest BCUT2D eigenvalue weighted by atomic mass is 10.1. The smallest absolute Gasteiger partial charge is 0.194 e. The summed E-state index contributed by atoms with van der Waals surface area (Å²) in [5.41, 5.74) is 1.19. The van der Waals surface area contributed by atoms with Crippen molar-refractivity contribution < 1.29 is 9.52 Å². The van der Waals surface area contributed by atoms with Crippen LogP contribution in [-0.2, 0) is 13.0 Å². The Balaban J connectivity index is 0.00000225. The van der Waals surface area contributed by atoms with Crippen molar-refractivity contribution in [2.45, 2.75) is 31.9 Å². The number of hydrogen-bond donors (Lipinski definition) is 2. The van der Waals surface area contributed by atoms with E-state index in [1.165, 1.54) is 5.56 Å². The van der Waals surface area contributed by atoms with Crippen LogP contribution in [-0.4, -0.2) is 41.7 Å². The summed E-state index contributed by atoms with van der Waals surface area (Å²) in [5, 5.41) is 13.2. The zero-order valence-corrected chi connectivity index (χ0v) is 16.6. The minimum atomic E-state index is -0.181. The Bertz CT molecular complexity index is 623. The maximum absolute atomic E-state index is 9.72. The zero-order valence-electron chi connectivity index (χ0n) is 14.3. The van der Waals surface area contributed by atoms with Crippen molar-refractivity contribution in [3.8, 4) is 0 Å². The third-order valence-corrected chi connectivity index (χ3v) is 4.25. The second kappa shape index (κ2) is 10.5. The van der Waals surface area contributed by atoms with E-state index in [9.17, 15) is 5.11 Å². The number of rotatable bonds is 5. The summed E-state index contributed by atoms with van der Waals surface area (Å²) in [6.07, 6.45) is 3.94. The number of furan rings is 1. The number of aliphatic imine (C=N–C) groups is 1. The number of aliphatic hydroxyl groups excluding tert-OH is 1. The van der Waals surface area contributed by atoms with Gasteiger partial charge < -0.3 is 19.7 Å². The molecule has 1 saturated heterocycles. The lowest BCUT2D eigenvalue weighted by Gasteiger charge is -2.32. The van der Waals surface area contributed by atoms with Gasteiger partial charge in [0.25, 0.3) is 0 Å². The summed E-state index contributed by atoms with van der Waals surface area (Å²) < 4.78 is 5.38. The van der Waals surface area contributed by atoms with E-state index >= 15 is 0 Å². The van der Waals surface area contributed by atoms with Crippen LogP contribution in [0.15, 0.2) is 58.1 Å². The fraction of sp³-hybridized carbons (Fsp3) is 0.421. The Hall–Kier alpha value is -1.54. The number of likely N-dealkylation sites (tertiary alicyclic amines) is 1. The molecule has 0 amide bonds. The molecule has 2 N–H and O–H groups in total. The highest BCUT2D eigenvalue weighted by Crippen LogP contribution is 2.11. The van der Waals surface area contributed by atoms with Crippen LogP contribution in [0.25, 0.3) is 0 Å². The Labute approximate surface area is 166 Å². The summed E-state index contributed by atoms with van der Waals surface area (Å²) in [7, 11) is 0. The largest absolute Gasteiger partial charge is 0.469 e. The highest BCUT2D eigenvalue weighted by molar-refractivity contribution is 14.0. The average molecular weight is 455 g/mol. The Kier molecular flexibility index (Phi) is 8.27. The van der Waals surface area contributed by atoms with Gasteiger partial charge in [-0.15, -0.1) is 24.0 Å². The van der Waals surface area contributed by atoms with Crippen LogP contribution >= 0.6 is 24.0 Å². The maximum atomic E-state index is 9.72. The van der Waals surface area contributed by atoms with Crippen molar-refractivity contribution in [1.82, 2.24) is 10.2 Å². The number of aliphatic hydroxyl groups is 1. The van der Waals surface area contributed by atoms with Crippen LogP contribution in [0.4, 0.5) is 0 Å². The van der Waals surface area contributed by atoms with E-state index in [4.69, 9.17) is 9.41 Å². The third kappa shape index (κ3) is 6.36. The van der Waals surface area contributed by atoms with Gasteiger partial charge in [0.15, 0.2) is 5.96 Å². The van der Waals surface area contributed by atoms with Gasteiger partial charge in [-0.1, -0.05) is 30.3 Å². The molecule has 1 aliphatic rings. The fourth-order valence-electron chi connectivity index (χ4n) is 2.85. The Morgan fingerprint density at radius 1 is 1.16 bits per heavy atom. The van der Waals surface area contributed by atoms with Crippen LogP contribution in [0.2, 0.25) is 0 Å². The first-order chi connectivity index (χ1) is 11.8. The lowest BCUT2D eigenvalue weighted by Crippen LogP contribution is -2.47. The number of piperidine rings is 1. The normalized spacial score (nSPS) is 15.7. The third-order valence-electron chi connectivity index (χ3n) is 4.25. The lowest BCUT2D eigenvalue weighted by molar-refractivity contribution is 0.108. The van der Waals surface area contributed by atoms with Gasteiger partial charge in [-0.05, 0) is 30.5 Å². The molecular formula is C19H26IN3O2. The van der Waals surface area contributed by atoms with Crippen molar-refractivity contribution in [3.05, 3.63) is 60.1 Å². The minimum absolute atomic E-state index is 0. The van der Waals surface area contributed by atoms with Gasteiger partial charge in [-0.2, -0.15) is 0 Å². The van der Waals surface area contributed by atoms with Crippen molar-refractivity contribution in [3.63, 3.8) is 0 Å². The number of nitrogens with zero attached hydrogens (tertiary/aromatic N) is 2. The summed E-state index contributed by atoms with van der Waals surface area (Å²) in [6, 6.07) is 14.2. The van der Waals surface area contributed by atoms with E-state index in [1.807, 2.05) is 30.3 Å². The van der Waals surface area contributed by atoms with E-state index in [1.54, 1.807) is 6.26 Å². The van der Waals surface area contributed by atoms with Gasteiger partial charge in [-0.25, -0.2) is 4.99 Å². The van der Waals surface area contributed by atoms with E-state index in [-0.39, 0.29) is 30.1 Å². The number of benzene rings is 1. The van der Waals surface area contributed by atoms with Gasteiger partial charge in [0.1, 0.15) is 5.76 Å². The van der Waals surface area contributed by atoms with Crippen molar-refractivity contribution in [2.24, 2.45) is 4.99 Å². The zero-order chi connectivity index (χ0) is 16.6. The number of halogens is 1. The second-order valence-corrected chi connectivity index (χ2v) is 6.10. The first-order valence-corrected chi connectivity index (χ1v) is 8.59. The van der Waals surface area contributed by atoms with Crippen LogP contribution in [0.5, 0.6) is 0 Å². The standard InChI is InChI=1S/C19H25N3O2.HI/c23-17-9-12-22(13-10-17)19(20-11-8-18-7-4-14-24-18)21-15-16-5-2-1-3-6-16;/h1-7,14,17,23H,8-13,15H2,(H,20,21);1H. The molecule has 0 atom stereocenters. The monoisotopic (exact) mass is 455 g/mol. The van der Waals surface area contributed by atoms with Crippen LogP contribution in [0.1, 0.15) is 24.2 Å². The van der Waals surface area contributed by atoms with Gasteiger partial charge in [-0.3, -0.25) is 0 Å². The van der Waals surface area contributed by atoms with Crippen LogP contribution in [0.3, 0.4) is 0 Å². The molecule has 2 aromatic rings. The predicted molar refractivity (Wildman–Crippen MR) is 110 cm³/mol. The molecule has 1 aromatic carbocycles. The number of guanidine groups is 1. The molecule has 0 unspecified atom stereocenters. The van der Waals surface area contributed by atoms with Crippen molar-refractivity contribution >= 4 is 29.9 Å². The first-order valence-electron chi connectivity index (χ1n) is 8.59. The Morgan fingerprint density at radius 3 is 2.60 bits per heavy atom. The summed E-state index contributed by atoms with van der Waals surface area (Å²) in [4.78, 5) is 7.01. The molecule has 0 radical (unpaired) electrons. The maximum Gasteiger partial charge on any atom is 0.194 e. The number of hydrogen-bond acceptors (Lipinski definition) is 3. The molecule has 0 bridgehead atoms. The highest BCUT2D eigenvalue weighted by atomic mass is 127. The van der Waals surface area contributed by atoms with E-state index in [0.717, 1.165) is 50.6 Å². The molecule has 25 heavy (non-hydrogen) atoms. The molecular weight excluding hydrogens is 429 g/mol. The molecule has 1 aliphatic heterocycles. The molecule has 0 aliphatic carbocycles. The molecule has 1 fully saturated rings. The van der Waals surface area contributed by atoms with Gasteiger partial charge in [0.05, 0.1) is 18.9 Å².